The molecule has 0 aliphatic carbocycles. The van der Waals surface area contributed by atoms with Crippen molar-refractivity contribution in [3.05, 3.63) is 24.2 Å². The maximum absolute atomic E-state index is 5.79. The summed E-state index contributed by atoms with van der Waals surface area (Å²) < 4.78 is 21.6. The van der Waals surface area contributed by atoms with Gasteiger partial charge in [-0.2, -0.15) is 0 Å². The number of hydrogen-bond donors (Lipinski definition) is 2. The Bertz CT molecular complexity index is 473. The smallest absolute Gasteiger partial charge is 0.191 e. The monoisotopic (exact) mass is 367 g/mol. The Hall–Kier alpha value is -1.57. The second-order valence-electron chi connectivity index (χ2n) is 6.39. The van der Waals surface area contributed by atoms with Crippen LogP contribution in [0.4, 0.5) is 0 Å². The summed E-state index contributed by atoms with van der Waals surface area (Å²) in [6, 6.07) is 3.88. The summed E-state index contributed by atoms with van der Waals surface area (Å²) in [5.41, 5.74) is 0. The van der Waals surface area contributed by atoms with E-state index in [2.05, 4.69) is 15.6 Å². The van der Waals surface area contributed by atoms with Crippen LogP contribution in [-0.2, 0) is 20.6 Å². The number of aliphatic imine (C=N–C) groups is 1. The summed E-state index contributed by atoms with van der Waals surface area (Å²) in [6.07, 6.45) is 5.67. The first kappa shape index (κ1) is 20.7. The van der Waals surface area contributed by atoms with Gasteiger partial charge in [-0.3, -0.25) is 4.99 Å². The number of nitrogens with one attached hydrogen (secondary N) is 2. The zero-order valence-electron chi connectivity index (χ0n) is 15.9. The summed E-state index contributed by atoms with van der Waals surface area (Å²) in [4.78, 5) is 4.61. The van der Waals surface area contributed by atoms with Crippen molar-refractivity contribution >= 4 is 5.96 Å². The number of ether oxygens (including phenoxy) is 3. The molecule has 0 bridgehead atoms. The van der Waals surface area contributed by atoms with E-state index in [4.69, 9.17) is 18.6 Å². The molecular formula is C19H33N3O4. The van der Waals surface area contributed by atoms with Gasteiger partial charge >= 0.3 is 0 Å². The van der Waals surface area contributed by atoms with Crippen molar-refractivity contribution in [3.63, 3.8) is 0 Å². The fourth-order valence-corrected chi connectivity index (χ4v) is 2.73. The summed E-state index contributed by atoms with van der Waals surface area (Å²) in [7, 11) is 1.69. The number of furan rings is 1. The van der Waals surface area contributed by atoms with E-state index in [0.717, 1.165) is 83.5 Å². The van der Waals surface area contributed by atoms with Gasteiger partial charge in [-0.05, 0) is 37.3 Å². The molecule has 2 N–H and O–H groups in total. The van der Waals surface area contributed by atoms with Gasteiger partial charge in [-0.1, -0.05) is 0 Å². The van der Waals surface area contributed by atoms with Crippen molar-refractivity contribution in [3.8, 4) is 0 Å². The van der Waals surface area contributed by atoms with Crippen LogP contribution in [0.3, 0.4) is 0 Å². The minimum atomic E-state index is 0.646. The average molecular weight is 367 g/mol. The molecule has 148 valence electrons. The minimum Gasteiger partial charge on any atom is -0.469 e. The number of rotatable bonds is 12. The van der Waals surface area contributed by atoms with Crippen molar-refractivity contribution in [2.45, 2.75) is 25.7 Å². The van der Waals surface area contributed by atoms with E-state index in [1.165, 1.54) is 0 Å². The summed E-state index contributed by atoms with van der Waals surface area (Å²) >= 11 is 0. The molecule has 2 rings (SSSR count). The van der Waals surface area contributed by atoms with Crippen LogP contribution in [-0.4, -0.2) is 65.7 Å². The lowest BCUT2D eigenvalue weighted by Gasteiger charge is -2.21. The van der Waals surface area contributed by atoms with Gasteiger partial charge in [0.05, 0.1) is 12.9 Å². The SMILES string of the molecule is COCCNC(=NCCCOCC1CCOCC1)NCCc1ccco1. The molecule has 0 spiro atoms. The number of nitrogens with zero attached hydrogens (tertiary/aromatic N) is 1. The van der Waals surface area contributed by atoms with Crippen molar-refractivity contribution in [2.24, 2.45) is 10.9 Å². The normalized spacial score (nSPS) is 16.0. The molecule has 0 aromatic carbocycles. The van der Waals surface area contributed by atoms with Crippen molar-refractivity contribution in [1.82, 2.24) is 10.6 Å². The van der Waals surface area contributed by atoms with Gasteiger partial charge in [0.15, 0.2) is 5.96 Å². The molecule has 7 nitrogen and oxygen atoms in total. The van der Waals surface area contributed by atoms with E-state index in [9.17, 15) is 0 Å². The Balaban J connectivity index is 1.59. The topological polar surface area (TPSA) is 77.2 Å². The molecule has 0 atom stereocenters. The molecular weight excluding hydrogens is 334 g/mol. The number of hydrogen-bond acceptors (Lipinski definition) is 5. The first-order valence-electron chi connectivity index (χ1n) is 9.57. The fourth-order valence-electron chi connectivity index (χ4n) is 2.73. The van der Waals surface area contributed by atoms with Crippen LogP contribution in [0.2, 0.25) is 0 Å². The zero-order chi connectivity index (χ0) is 18.3. The first-order chi connectivity index (χ1) is 12.9. The molecule has 0 unspecified atom stereocenters. The van der Waals surface area contributed by atoms with Crippen LogP contribution in [0.1, 0.15) is 25.0 Å². The molecule has 1 aliphatic rings. The summed E-state index contributed by atoms with van der Waals surface area (Å²) in [5, 5.41) is 6.60. The minimum absolute atomic E-state index is 0.646. The van der Waals surface area contributed by atoms with Crippen LogP contribution in [0.5, 0.6) is 0 Å². The van der Waals surface area contributed by atoms with Gasteiger partial charge < -0.3 is 29.3 Å². The van der Waals surface area contributed by atoms with E-state index >= 15 is 0 Å². The predicted octanol–water partition coefficient (Wildman–Crippen LogP) is 1.84. The van der Waals surface area contributed by atoms with Crippen molar-refractivity contribution in [1.29, 1.82) is 0 Å². The van der Waals surface area contributed by atoms with Gasteiger partial charge in [-0.25, -0.2) is 0 Å². The van der Waals surface area contributed by atoms with E-state index in [-0.39, 0.29) is 0 Å². The lowest BCUT2D eigenvalue weighted by Crippen LogP contribution is -2.40. The highest BCUT2D eigenvalue weighted by atomic mass is 16.5. The largest absolute Gasteiger partial charge is 0.469 e. The highest BCUT2D eigenvalue weighted by Crippen LogP contribution is 2.14. The van der Waals surface area contributed by atoms with E-state index < -0.39 is 0 Å². The lowest BCUT2D eigenvalue weighted by atomic mass is 10.0. The third-order valence-corrected chi connectivity index (χ3v) is 4.25. The van der Waals surface area contributed by atoms with Crippen LogP contribution >= 0.6 is 0 Å². The molecule has 1 fully saturated rings. The van der Waals surface area contributed by atoms with Crippen LogP contribution < -0.4 is 10.6 Å². The average Bonchev–Trinajstić information content (AvgIpc) is 3.18. The molecule has 1 aromatic heterocycles. The highest BCUT2D eigenvalue weighted by molar-refractivity contribution is 5.79. The van der Waals surface area contributed by atoms with Gasteiger partial charge in [0, 0.05) is 59.6 Å². The van der Waals surface area contributed by atoms with Gasteiger partial charge in [-0.15, -0.1) is 0 Å². The Labute approximate surface area is 156 Å². The number of guanidine groups is 1. The predicted molar refractivity (Wildman–Crippen MR) is 102 cm³/mol. The van der Waals surface area contributed by atoms with Crippen molar-refractivity contribution in [2.75, 3.05) is 59.8 Å². The lowest BCUT2D eigenvalue weighted by molar-refractivity contribution is 0.0205. The van der Waals surface area contributed by atoms with Gasteiger partial charge in [0.25, 0.3) is 0 Å². The summed E-state index contributed by atoms with van der Waals surface area (Å²) in [6.45, 7) is 6.21. The molecule has 0 saturated carbocycles. The molecule has 1 aliphatic heterocycles. The molecule has 7 heteroatoms. The maximum Gasteiger partial charge on any atom is 0.191 e. The van der Waals surface area contributed by atoms with Gasteiger partial charge in [0.1, 0.15) is 5.76 Å². The van der Waals surface area contributed by atoms with E-state index in [1.807, 2.05) is 12.1 Å². The molecule has 26 heavy (non-hydrogen) atoms. The zero-order valence-corrected chi connectivity index (χ0v) is 15.9. The Morgan fingerprint density at radius 3 is 2.85 bits per heavy atom. The third-order valence-electron chi connectivity index (χ3n) is 4.25. The van der Waals surface area contributed by atoms with Crippen LogP contribution in [0.25, 0.3) is 0 Å². The third kappa shape index (κ3) is 9.22. The van der Waals surface area contributed by atoms with E-state index in [0.29, 0.717) is 12.5 Å². The Morgan fingerprint density at radius 1 is 1.23 bits per heavy atom. The summed E-state index contributed by atoms with van der Waals surface area (Å²) in [5.74, 6) is 2.43. The Kier molecular flexibility index (Phi) is 10.9. The quantitative estimate of drug-likeness (QED) is 0.333. The second-order valence-corrected chi connectivity index (χ2v) is 6.39. The standard InChI is InChI=1S/C19H33N3O4/c1-23-15-10-22-19(21-9-5-18-4-2-12-26-18)20-8-3-11-25-16-17-6-13-24-14-7-17/h2,4,12,17H,3,5-11,13-16H2,1H3,(H2,20,21,22). The fraction of sp³-hybridized carbons (Fsp3) is 0.737. The van der Waals surface area contributed by atoms with Gasteiger partial charge in [0.2, 0.25) is 0 Å². The molecule has 0 radical (unpaired) electrons. The Morgan fingerprint density at radius 2 is 2.08 bits per heavy atom. The molecule has 2 heterocycles. The first-order valence-corrected chi connectivity index (χ1v) is 9.57. The molecule has 0 amide bonds. The van der Waals surface area contributed by atoms with Crippen LogP contribution in [0.15, 0.2) is 27.8 Å². The highest BCUT2D eigenvalue weighted by Gasteiger charge is 2.13. The maximum atomic E-state index is 5.79. The van der Waals surface area contributed by atoms with Crippen LogP contribution in [0, 0.1) is 5.92 Å². The second kappa shape index (κ2) is 13.6. The molecule has 1 saturated heterocycles. The van der Waals surface area contributed by atoms with E-state index in [1.54, 1.807) is 13.4 Å². The molecule has 1 aromatic rings. The van der Waals surface area contributed by atoms with Crippen molar-refractivity contribution < 1.29 is 18.6 Å². The number of methoxy groups -OCH3 is 1.